The Morgan fingerprint density at radius 3 is 2.45 bits per heavy atom. The second kappa shape index (κ2) is 4.93. The number of hydrogen-bond donors (Lipinski definition) is 0. The molecule has 0 bridgehead atoms. The normalized spacial score (nSPS) is 13.0. The fraction of sp³-hybridized carbons (Fsp3) is 0.214. The Morgan fingerprint density at radius 1 is 1.20 bits per heavy atom. The molecular formula is C14H12Br2N2O2. The van der Waals surface area contributed by atoms with Gasteiger partial charge in [0.2, 0.25) is 0 Å². The summed E-state index contributed by atoms with van der Waals surface area (Å²) in [6, 6.07) is 5.91. The SMILES string of the molecule is Cn1c(=O)n(C)c2cc(C(Br)c3ccoc3)c(Br)cc21. The summed E-state index contributed by atoms with van der Waals surface area (Å²) in [5, 5.41) is 0. The predicted molar refractivity (Wildman–Crippen MR) is 85.3 cm³/mol. The molecule has 1 atom stereocenters. The molecular weight excluding hydrogens is 388 g/mol. The van der Waals surface area contributed by atoms with E-state index in [9.17, 15) is 4.79 Å². The van der Waals surface area contributed by atoms with Crippen LogP contribution in [0, 0.1) is 0 Å². The average molecular weight is 400 g/mol. The number of aryl methyl sites for hydroxylation is 2. The molecule has 3 rings (SSSR count). The summed E-state index contributed by atoms with van der Waals surface area (Å²) in [6.45, 7) is 0. The maximum absolute atomic E-state index is 12.0. The maximum Gasteiger partial charge on any atom is 0.328 e. The van der Waals surface area contributed by atoms with E-state index in [1.165, 1.54) is 0 Å². The molecule has 0 amide bonds. The molecule has 0 spiro atoms. The molecule has 0 N–H and O–H groups in total. The predicted octanol–water partition coefficient (Wildman–Crippen LogP) is 3.72. The largest absolute Gasteiger partial charge is 0.472 e. The van der Waals surface area contributed by atoms with E-state index in [4.69, 9.17) is 4.42 Å². The zero-order valence-electron chi connectivity index (χ0n) is 10.9. The summed E-state index contributed by atoms with van der Waals surface area (Å²) >= 11 is 7.26. The van der Waals surface area contributed by atoms with Crippen LogP contribution in [0.4, 0.5) is 0 Å². The molecule has 0 aliphatic heterocycles. The van der Waals surface area contributed by atoms with Crippen LogP contribution in [0.5, 0.6) is 0 Å². The minimum absolute atomic E-state index is 0.00957. The van der Waals surface area contributed by atoms with Crippen LogP contribution in [0.25, 0.3) is 11.0 Å². The van der Waals surface area contributed by atoms with Gasteiger partial charge in [-0.15, -0.1) is 0 Å². The molecule has 2 heterocycles. The van der Waals surface area contributed by atoms with Gasteiger partial charge >= 0.3 is 5.69 Å². The Bertz CT molecular complexity index is 831. The van der Waals surface area contributed by atoms with Crippen LogP contribution in [-0.2, 0) is 14.1 Å². The number of hydrogen-bond acceptors (Lipinski definition) is 2. The molecule has 0 saturated carbocycles. The molecule has 0 aliphatic carbocycles. The third-order valence-corrected chi connectivity index (χ3v) is 5.21. The fourth-order valence-corrected chi connectivity index (χ4v) is 3.84. The molecule has 0 fully saturated rings. The number of aromatic nitrogens is 2. The fourth-order valence-electron chi connectivity index (χ4n) is 2.33. The van der Waals surface area contributed by atoms with Crippen LogP contribution < -0.4 is 5.69 Å². The molecule has 0 saturated heterocycles. The Balaban J connectivity index is 2.25. The van der Waals surface area contributed by atoms with Crippen molar-refractivity contribution in [2.24, 2.45) is 14.1 Å². The number of alkyl halides is 1. The summed E-state index contributed by atoms with van der Waals surface area (Å²) in [7, 11) is 3.56. The first-order valence-electron chi connectivity index (χ1n) is 6.01. The van der Waals surface area contributed by atoms with Crippen LogP contribution in [0.15, 0.2) is 44.4 Å². The van der Waals surface area contributed by atoms with Gasteiger partial charge in [-0.3, -0.25) is 9.13 Å². The molecule has 6 heteroatoms. The summed E-state index contributed by atoms with van der Waals surface area (Å²) in [5.41, 5.74) is 3.87. The van der Waals surface area contributed by atoms with E-state index in [-0.39, 0.29) is 10.5 Å². The lowest BCUT2D eigenvalue weighted by Crippen LogP contribution is -2.19. The highest BCUT2D eigenvalue weighted by Crippen LogP contribution is 2.37. The van der Waals surface area contributed by atoms with E-state index in [1.807, 2.05) is 18.2 Å². The lowest BCUT2D eigenvalue weighted by atomic mass is 10.1. The van der Waals surface area contributed by atoms with Crippen LogP contribution in [0.3, 0.4) is 0 Å². The van der Waals surface area contributed by atoms with Crippen molar-refractivity contribution in [3.8, 4) is 0 Å². The van der Waals surface area contributed by atoms with E-state index in [2.05, 4.69) is 31.9 Å². The number of halogens is 2. The van der Waals surface area contributed by atoms with Gasteiger partial charge in [-0.25, -0.2) is 4.79 Å². The number of rotatable bonds is 2. The van der Waals surface area contributed by atoms with E-state index in [0.29, 0.717) is 0 Å². The van der Waals surface area contributed by atoms with Gasteiger partial charge in [0, 0.05) is 24.1 Å². The van der Waals surface area contributed by atoms with Crippen molar-refractivity contribution < 1.29 is 4.42 Å². The first-order valence-corrected chi connectivity index (χ1v) is 7.72. The van der Waals surface area contributed by atoms with Crippen LogP contribution in [0.2, 0.25) is 0 Å². The van der Waals surface area contributed by atoms with Crippen molar-refractivity contribution in [1.29, 1.82) is 0 Å². The summed E-state index contributed by atoms with van der Waals surface area (Å²) in [5.74, 6) is 0. The lowest BCUT2D eigenvalue weighted by Gasteiger charge is -2.11. The van der Waals surface area contributed by atoms with Crippen LogP contribution >= 0.6 is 31.9 Å². The smallest absolute Gasteiger partial charge is 0.328 e. The maximum atomic E-state index is 12.0. The zero-order valence-corrected chi connectivity index (χ0v) is 14.1. The van der Waals surface area contributed by atoms with Crippen LogP contribution in [-0.4, -0.2) is 9.13 Å². The molecule has 4 nitrogen and oxygen atoms in total. The van der Waals surface area contributed by atoms with Crippen molar-refractivity contribution >= 4 is 42.9 Å². The molecule has 0 aliphatic rings. The van der Waals surface area contributed by atoms with Crippen LogP contribution in [0.1, 0.15) is 16.0 Å². The van der Waals surface area contributed by atoms with E-state index in [1.54, 1.807) is 35.8 Å². The summed E-state index contributed by atoms with van der Waals surface area (Å²) in [6.07, 6.45) is 3.36. The molecule has 3 aromatic rings. The van der Waals surface area contributed by atoms with Crippen molar-refractivity contribution in [1.82, 2.24) is 9.13 Å². The number of fused-ring (bicyclic) bond motifs is 1. The zero-order chi connectivity index (χ0) is 14.4. The number of benzene rings is 1. The van der Waals surface area contributed by atoms with E-state index < -0.39 is 0 Å². The minimum atomic E-state index is -0.0292. The number of furan rings is 1. The third-order valence-electron chi connectivity index (χ3n) is 3.50. The molecule has 0 radical (unpaired) electrons. The number of imidazole rings is 1. The molecule has 104 valence electrons. The highest BCUT2D eigenvalue weighted by atomic mass is 79.9. The standard InChI is InChI=1S/C14H12Br2N2O2/c1-17-11-5-9(13(16)8-3-4-20-7-8)10(15)6-12(11)18(2)14(17)19/h3-7,13H,1-2H3. The summed E-state index contributed by atoms with van der Waals surface area (Å²) in [4.78, 5) is 12.0. The van der Waals surface area contributed by atoms with E-state index >= 15 is 0 Å². The monoisotopic (exact) mass is 398 g/mol. The van der Waals surface area contributed by atoms with Crippen molar-refractivity contribution in [3.63, 3.8) is 0 Å². The first-order chi connectivity index (χ1) is 9.50. The van der Waals surface area contributed by atoms with Gasteiger partial charge in [-0.05, 0) is 23.8 Å². The third kappa shape index (κ3) is 1.98. The second-order valence-corrected chi connectivity index (χ2v) is 6.45. The quantitative estimate of drug-likeness (QED) is 0.616. The van der Waals surface area contributed by atoms with Crippen molar-refractivity contribution in [2.45, 2.75) is 4.83 Å². The average Bonchev–Trinajstić information content (AvgIpc) is 3.03. The Hall–Kier alpha value is -1.27. The summed E-state index contributed by atoms with van der Waals surface area (Å²) < 4.78 is 9.38. The Kier molecular flexibility index (Phi) is 3.38. The highest BCUT2D eigenvalue weighted by molar-refractivity contribution is 9.11. The molecule has 20 heavy (non-hydrogen) atoms. The first kappa shape index (κ1) is 13.7. The van der Waals surface area contributed by atoms with Gasteiger partial charge in [0.05, 0.1) is 28.4 Å². The van der Waals surface area contributed by atoms with E-state index in [0.717, 1.165) is 26.6 Å². The van der Waals surface area contributed by atoms with Gasteiger partial charge in [0.15, 0.2) is 0 Å². The Morgan fingerprint density at radius 2 is 1.85 bits per heavy atom. The molecule has 1 unspecified atom stereocenters. The highest BCUT2D eigenvalue weighted by Gasteiger charge is 2.18. The van der Waals surface area contributed by atoms with Gasteiger partial charge in [-0.2, -0.15) is 0 Å². The topological polar surface area (TPSA) is 40.1 Å². The van der Waals surface area contributed by atoms with Gasteiger partial charge < -0.3 is 4.42 Å². The minimum Gasteiger partial charge on any atom is -0.472 e. The second-order valence-electron chi connectivity index (χ2n) is 4.68. The lowest BCUT2D eigenvalue weighted by molar-refractivity contribution is 0.564. The molecule has 1 aromatic carbocycles. The number of nitrogens with zero attached hydrogens (tertiary/aromatic N) is 2. The van der Waals surface area contributed by atoms with Gasteiger partial charge in [0.25, 0.3) is 0 Å². The Labute approximate surface area is 132 Å². The van der Waals surface area contributed by atoms with Gasteiger partial charge in [-0.1, -0.05) is 31.9 Å². The van der Waals surface area contributed by atoms with Gasteiger partial charge in [0.1, 0.15) is 0 Å². The van der Waals surface area contributed by atoms with Crippen molar-refractivity contribution in [2.75, 3.05) is 0 Å². The van der Waals surface area contributed by atoms with Crippen molar-refractivity contribution in [3.05, 3.63) is 56.8 Å². The molecule has 2 aromatic heterocycles.